The fourth-order valence-corrected chi connectivity index (χ4v) is 6.48. The Kier molecular flexibility index (Phi) is 5.17. The van der Waals surface area contributed by atoms with Gasteiger partial charge < -0.3 is 8.83 Å². The number of imidazole rings is 1. The largest absolute Gasteiger partial charge is 0.456 e. The third-order valence-corrected chi connectivity index (χ3v) is 8.34. The van der Waals surface area contributed by atoms with Gasteiger partial charge in [-0.3, -0.25) is 4.57 Å². The van der Waals surface area contributed by atoms with Crippen LogP contribution in [-0.2, 0) is 0 Å². The van der Waals surface area contributed by atoms with Gasteiger partial charge in [0.15, 0.2) is 0 Å². The van der Waals surface area contributed by atoms with Crippen LogP contribution in [0.4, 0.5) is 0 Å². The van der Waals surface area contributed by atoms with Crippen LogP contribution in [0.15, 0.2) is 106 Å². The van der Waals surface area contributed by atoms with Crippen molar-refractivity contribution in [3.05, 3.63) is 108 Å². The van der Waals surface area contributed by atoms with E-state index in [9.17, 15) is 0 Å². The molecule has 0 bridgehead atoms. The number of benzene rings is 5. The molecule has 0 radical (unpaired) electrons. The summed E-state index contributed by atoms with van der Waals surface area (Å²) in [6.07, 6.45) is 0. The first-order chi connectivity index (χ1) is 20.0. The van der Waals surface area contributed by atoms with Crippen LogP contribution in [0.25, 0.3) is 72.0 Å². The second kappa shape index (κ2) is 8.84. The molecule has 0 unspecified atom stereocenters. The highest BCUT2D eigenvalue weighted by Gasteiger charge is 2.28. The van der Waals surface area contributed by atoms with Crippen LogP contribution in [0, 0.1) is 0 Å². The third kappa shape index (κ3) is 3.43. The van der Waals surface area contributed by atoms with Crippen molar-refractivity contribution in [2.45, 2.75) is 39.5 Å². The van der Waals surface area contributed by atoms with Gasteiger partial charge >= 0.3 is 0 Å². The Balaban J connectivity index is 1.56. The minimum absolute atomic E-state index is 0.211. The van der Waals surface area contributed by atoms with Crippen LogP contribution < -0.4 is 0 Å². The topological polar surface area (TPSA) is 44.1 Å². The zero-order valence-electron chi connectivity index (χ0n) is 23.6. The van der Waals surface area contributed by atoms with E-state index in [0.29, 0.717) is 0 Å². The Morgan fingerprint density at radius 1 is 0.610 bits per heavy atom. The maximum absolute atomic E-state index is 6.63. The zero-order valence-corrected chi connectivity index (χ0v) is 23.6. The molecule has 3 aromatic heterocycles. The smallest absolute Gasteiger partial charge is 0.149 e. The van der Waals surface area contributed by atoms with Gasteiger partial charge in [-0.15, -0.1) is 0 Å². The van der Waals surface area contributed by atoms with E-state index in [1.54, 1.807) is 0 Å². The number of nitrogens with zero attached hydrogens (tertiary/aromatic N) is 2. The second-order valence-electron chi connectivity index (χ2n) is 11.6. The normalized spacial score (nSPS) is 12.3. The molecule has 0 aliphatic rings. The molecule has 8 rings (SSSR count). The predicted molar refractivity (Wildman–Crippen MR) is 169 cm³/mol. The summed E-state index contributed by atoms with van der Waals surface area (Å²) >= 11 is 0. The van der Waals surface area contributed by atoms with E-state index in [1.807, 2.05) is 18.2 Å². The maximum atomic E-state index is 6.63. The third-order valence-electron chi connectivity index (χ3n) is 8.34. The van der Waals surface area contributed by atoms with E-state index >= 15 is 0 Å². The molecule has 4 heteroatoms. The number of aromatic nitrogens is 2. The highest BCUT2D eigenvalue weighted by atomic mass is 16.3. The predicted octanol–water partition coefficient (Wildman–Crippen LogP) is 10.7. The van der Waals surface area contributed by atoms with Crippen LogP contribution >= 0.6 is 0 Å². The molecular weight excluding hydrogens is 504 g/mol. The van der Waals surface area contributed by atoms with Crippen molar-refractivity contribution in [3.63, 3.8) is 0 Å². The van der Waals surface area contributed by atoms with E-state index in [0.717, 1.165) is 66.6 Å². The van der Waals surface area contributed by atoms with Crippen LogP contribution in [0.5, 0.6) is 0 Å². The van der Waals surface area contributed by atoms with E-state index in [1.165, 1.54) is 16.5 Å². The van der Waals surface area contributed by atoms with Gasteiger partial charge in [0.1, 0.15) is 28.2 Å². The fraction of sp³-hybridized carbons (Fsp3) is 0.162. The second-order valence-corrected chi connectivity index (χ2v) is 11.6. The van der Waals surface area contributed by atoms with Crippen molar-refractivity contribution in [2.75, 3.05) is 0 Å². The lowest BCUT2D eigenvalue weighted by Crippen LogP contribution is -2.09. The van der Waals surface area contributed by atoms with Gasteiger partial charge in [-0.25, -0.2) is 4.98 Å². The van der Waals surface area contributed by atoms with Crippen molar-refractivity contribution in [2.24, 2.45) is 0 Å². The molecule has 41 heavy (non-hydrogen) atoms. The monoisotopic (exact) mass is 534 g/mol. The molecule has 0 fully saturated rings. The van der Waals surface area contributed by atoms with Gasteiger partial charge in [-0.2, -0.15) is 0 Å². The van der Waals surface area contributed by atoms with E-state index in [4.69, 9.17) is 13.8 Å². The summed E-state index contributed by atoms with van der Waals surface area (Å²) in [5.41, 5.74) is 10.2. The summed E-state index contributed by atoms with van der Waals surface area (Å²) < 4.78 is 15.5. The van der Waals surface area contributed by atoms with E-state index in [2.05, 4.69) is 111 Å². The highest BCUT2D eigenvalue weighted by Crippen LogP contribution is 2.45. The van der Waals surface area contributed by atoms with Gasteiger partial charge in [-0.05, 0) is 53.8 Å². The number of hydrogen-bond donors (Lipinski definition) is 0. The summed E-state index contributed by atoms with van der Waals surface area (Å²) in [5.74, 6) is 1.36. The number of para-hydroxylation sites is 5. The molecule has 0 aliphatic heterocycles. The molecule has 200 valence electrons. The van der Waals surface area contributed by atoms with Crippen molar-refractivity contribution >= 4 is 54.9 Å². The average Bonchev–Trinajstić information content (AvgIpc) is 3.66. The zero-order chi connectivity index (χ0) is 27.8. The van der Waals surface area contributed by atoms with Crippen molar-refractivity contribution in [3.8, 4) is 17.1 Å². The fourth-order valence-electron chi connectivity index (χ4n) is 6.48. The first-order valence-electron chi connectivity index (χ1n) is 14.4. The van der Waals surface area contributed by atoms with Crippen molar-refractivity contribution in [1.82, 2.24) is 9.55 Å². The lowest BCUT2D eigenvalue weighted by atomic mass is 9.89. The first-order valence-corrected chi connectivity index (χ1v) is 14.4. The molecule has 4 nitrogen and oxygen atoms in total. The van der Waals surface area contributed by atoms with E-state index < -0.39 is 0 Å². The number of rotatable bonds is 4. The quantitative estimate of drug-likeness (QED) is 0.225. The summed E-state index contributed by atoms with van der Waals surface area (Å²) in [5, 5.41) is 4.53. The molecule has 8 aromatic rings. The Labute approximate surface area is 237 Å². The highest BCUT2D eigenvalue weighted by molar-refractivity contribution is 6.10. The lowest BCUT2D eigenvalue weighted by Gasteiger charge is -2.23. The number of furan rings is 2. The van der Waals surface area contributed by atoms with Crippen molar-refractivity contribution in [1.29, 1.82) is 0 Å². The van der Waals surface area contributed by atoms with Crippen LogP contribution in [0.2, 0.25) is 0 Å². The van der Waals surface area contributed by atoms with Crippen molar-refractivity contribution < 1.29 is 8.83 Å². The number of hydrogen-bond acceptors (Lipinski definition) is 3. The molecule has 0 N–H and O–H groups in total. The molecule has 3 heterocycles. The lowest BCUT2D eigenvalue weighted by molar-refractivity contribution is 0.654. The van der Waals surface area contributed by atoms with E-state index in [-0.39, 0.29) is 11.8 Å². The summed E-state index contributed by atoms with van der Waals surface area (Å²) in [6.45, 7) is 9.06. The van der Waals surface area contributed by atoms with Crippen LogP contribution in [0.3, 0.4) is 0 Å². The molecule has 5 aromatic carbocycles. The minimum Gasteiger partial charge on any atom is -0.456 e. The van der Waals surface area contributed by atoms with Gasteiger partial charge in [-0.1, -0.05) is 88.4 Å². The van der Waals surface area contributed by atoms with Gasteiger partial charge in [0.25, 0.3) is 0 Å². The molecule has 0 aliphatic carbocycles. The summed E-state index contributed by atoms with van der Waals surface area (Å²) in [6, 6.07) is 33.7. The standard InChI is InChI=1S/C37H30N2O2/c1-21(2)27-20-28-24-13-6-10-19-32(24)41-36(28)33(22(3)4)34(27)39-30-17-8-7-16-29(30)38-37(39)26-15-11-14-25-23-12-5-9-18-31(23)40-35(25)26/h5-22H,1-4H3. The molecular formula is C37H30N2O2. The molecule has 0 amide bonds. The van der Waals surface area contributed by atoms with Gasteiger partial charge in [0.05, 0.1) is 22.3 Å². The summed E-state index contributed by atoms with van der Waals surface area (Å²) in [7, 11) is 0. The van der Waals surface area contributed by atoms with Crippen LogP contribution in [-0.4, -0.2) is 9.55 Å². The van der Waals surface area contributed by atoms with Gasteiger partial charge in [0, 0.05) is 27.1 Å². The molecule has 0 spiro atoms. The molecule has 0 saturated carbocycles. The number of fused-ring (bicyclic) bond motifs is 7. The Hall–Kier alpha value is -4.83. The Morgan fingerprint density at radius 2 is 1.24 bits per heavy atom. The first kappa shape index (κ1) is 24.0. The SMILES string of the molecule is CC(C)c1cc2c(oc3ccccc32)c(C(C)C)c1-n1c(-c2cccc3c2oc2ccccc23)nc2ccccc21. The molecule has 0 saturated heterocycles. The van der Waals surface area contributed by atoms with Crippen LogP contribution in [0.1, 0.15) is 50.7 Å². The minimum atomic E-state index is 0.211. The maximum Gasteiger partial charge on any atom is 0.149 e. The average molecular weight is 535 g/mol. The Morgan fingerprint density at radius 3 is 1.98 bits per heavy atom. The Bertz CT molecular complexity index is 2280. The van der Waals surface area contributed by atoms with Gasteiger partial charge in [0.2, 0.25) is 0 Å². The molecule has 0 atom stereocenters. The summed E-state index contributed by atoms with van der Waals surface area (Å²) in [4.78, 5) is 5.28.